The van der Waals surface area contributed by atoms with Crippen LogP contribution >= 0.6 is 0 Å². The van der Waals surface area contributed by atoms with Crippen molar-refractivity contribution in [2.45, 2.75) is 168 Å². The number of cyclic esters (lactones) is 2. The van der Waals surface area contributed by atoms with Gasteiger partial charge in [-0.3, -0.25) is 4.79 Å². The Hall–Kier alpha value is -5.73. The average molecular weight is 1130 g/mol. The van der Waals surface area contributed by atoms with Gasteiger partial charge in [0.05, 0.1) is 25.9 Å². The maximum Gasteiger partial charge on any atom is 0.342 e. The number of esters is 2. The normalized spacial score (nSPS) is 26.2. The highest BCUT2D eigenvalue weighted by Gasteiger charge is 2.45. The molecule has 0 saturated carbocycles. The number of hydrogen-bond donors (Lipinski definition) is 2. The Balaban J connectivity index is 0.000000268. The molecule has 4 aliphatic rings. The van der Waals surface area contributed by atoms with Gasteiger partial charge >= 0.3 is 11.9 Å². The topological polar surface area (TPSA) is 202 Å². The van der Waals surface area contributed by atoms with Crippen molar-refractivity contribution in [3.05, 3.63) is 124 Å². The van der Waals surface area contributed by atoms with E-state index in [4.69, 9.17) is 56.8 Å². The number of aliphatic hydroxyl groups is 2. The SMILES string of the molecule is COCOc1ccc(CCCCO)c2c1C(=O)O[C@@H](C)[C@H](C)/C=C\C(=O)[C@H]1OC(C)(C)O[C@H]1CC=C2.COCOc1ccc(CCCCOCc2ccc(OC)cc2)c2c1C(=O)O[C@@H](C)[C@H](C)/C=C\C(O)[C@H]1OC(C)(C)O[C@H]1CC=C2. The lowest BCUT2D eigenvalue weighted by atomic mass is 9.94. The smallest absolute Gasteiger partial charge is 0.342 e. The van der Waals surface area contributed by atoms with Crippen LogP contribution in [0.2, 0.25) is 0 Å². The number of aliphatic hydroxyl groups excluding tert-OH is 2. The molecule has 1 unspecified atom stereocenters. The van der Waals surface area contributed by atoms with Crippen LogP contribution in [0.4, 0.5) is 0 Å². The van der Waals surface area contributed by atoms with Crippen LogP contribution in [0.25, 0.3) is 12.2 Å². The molecule has 81 heavy (non-hydrogen) atoms. The fraction of sp³-hybridized carbons (Fsp3) is 0.547. The van der Waals surface area contributed by atoms with Gasteiger partial charge in [-0.25, -0.2) is 9.59 Å². The number of rotatable bonds is 18. The summed E-state index contributed by atoms with van der Waals surface area (Å²) in [5.74, 6) is -1.68. The lowest BCUT2D eigenvalue weighted by molar-refractivity contribution is -0.152. The van der Waals surface area contributed by atoms with Crippen molar-refractivity contribution in [2.75, 3.05) is 48.1 Å². The highest BCUT2D eigenvalue weighted by atomic mass is 16.8. The Morgan fingerprint density at radius 1 is 0.605 bits per heavy atom. The number of fused-ring (bicyclic) bond motifs is 4. The first-order chi connectivity index (χ1) is 38.8. The first-order valence-corrected chi connectivity index (χ1v) is 28.2. The van der Waals surface area contributed by atoms with Crippen LogP contribution in [0, 0.1) is 11.8 Å². The van der Waals surface area contributed by atoms with Crippen molar-refractivity contribution in [2.24, 2.45) is 11.8 Å². The van der Waals surface area contributed by atoms with Gasteiger partial charge in [-0.1, -0.05) is 80.6 Å². The molecule has 17 nitrogen and oxygen atoms in total. The van der Waals surface area contributed by atoms with E-state index in [0.29, 0.717) is 67.1 Å². The van der Waals surface area contributed by atoms with Crippen molar-refractivity contribution in [1.29, 1.82) is 0 Å². The molecule has 9 atom stereocenters. The second kappa shape index (κ2) is 31.1. The summed E-state index contributed by atoms with van der Waals surface area (Å²) >= 11 is 0. The predicted octanol–water partition coefficient (Wildman–Crippen LogP) is 10.5. The summed E-state index contributed by atoms with van der Waals surface area (Å²) in [6.07, 6.45) is 15.9. The fourth-order valence-electron chi connectivity index (χ4n) is 9.81. The molecule has 0 amide bonds. The van der Waals surface area contributed by atoms with E-state index in [9.17, 15) is 24.6 Å². The summed E-state index contributed by atoms with van der Waals surface area (Å²) in [6, 6.07) is 15.3. The molecule has 17 heteroatoms. The summed E-state index contributed by atoms with van der Waals surface area (Å²) in [7, 11) is 4.70. The number of carbonyl (C=O) groups is 3. The van der Waals surface area contributed by atoms with Crippen LogP contribution in [0.15, 0.2) is 85.0 Å². The van der Waals surface area contributed by atoms with Crippen LogP contribution in [0.5, 0.6) is 17.2 Å². The van der Waals surface area contributed by atoms with Gasteiger partial charge in [-0.2, -0.15) is 0 Å². The number of unbranched alkanes of at least 4 members (excludes halogenated alkanes) is 2. The van der Waals surface area contributed by atoms with E-state index in [1.54, 1.807) is 46.1 Å². The van der Waals surface area contributed by atoms with Crippen molar-refractivity contribution in [1.82, 2.24) is 0 Å². The van der Waals surface area contributed by atoms with E-state index in [-0.39, 0.29) is 43.9 Å². The van der Waals surface area contributed by atoms with Crippen molar-refractivity contribution >= 4 is 29.9 Å². The lowest BCUT2D eigenvalue weighted by Gasteiger charge is -2.23. The third-order valence-corrected chi connectivity index (χ3v) is 14.5. The van der Waals surface area contributed by atoms with Gasteiger partial charge in [0.25, 0.3) is 0 Å². The van der Waals surface area contributed by atoms with Crippen LogP contribution in [0.1, 0.15) is 142 Å². The first kappa shape index (κ1) is 64.4. The van der Waals surface area contributed by atoms with Gasteiger partial charge in [0, 0.05) is 39.3 Å². The summed E-state index contributed by atoms with van der Waals surface area (Å²) in [5, 5.41) is 20.2. The zero-order chi connectivity index (χ0) is 58.7. The maximum atomic E-state index is 13.8. The van der Waals surface area contributed by atoms with Crippen molar-refractivity contribution in [3.8, 4) is 17.2 Å². The van der Waals surface area contributed by atoms with E-state index in [1.165, 1.54) is 20.3 Å². The summed E-state index contributed by atoms with van der Waals surface area (Å²) < 4.78 is 69.0. The van der Waals surface area contributed by atoms with Gasteiger partial charge in [-0.15, -0.1) is 0 Å². The number of ketones is 1. The number of ether oxygens (including phenoxy) is 12. The summed E-state index contributed by atoms with van der Waals surface area (Å²) in [6.45, 7) is 16.0. The van der Waals surface area contributed by atoms with Crippen molar-refractivity contribution in [3.63, 3.8) is 0 Å². The zero-order valence-electron chi connectivity index (χ0n) is 49.1. The average Bonchev–Trinajstić information content (AvgIpc) is 3.96. The monoisotopic (exact) mass is 1130 g/mol. The molecule has 0 aliphatic carbocycles. The third-order valence-electron chi connectivity index (χ3n) is 14.5. The van der Waals surface area contributed by atoms with Gasteiger partial charge in [0.1, 0.15) is 58.9 Å². The van der Waals surface area contributed by atoms with Crippen molar-refractivity contribution < 1.29 is 81.4 Å². The lowest BCUT2D eigenvalue weighted by Crippen LogP contribution is -2.34. The number of benzene rings is 3. The molecule has 0 bridgehead atoms. The Morgan fingerprint density at radius 3 is 1.69 bits per heavy atom. The molecule has 3 aromatic carbocycles. The maximum absolute atomic E-state index is 13.8. The Bertz CT molecular complexity index is 2640. The van der Waals surface area contributed by atoms with Gasteiger partial charge < -0.3 is 67.1 Å². The van der Waals surface area contributed by atoms with Crippen LogP contribution in [-0.2, 0) is 66.9 Å². The summed E-state index contributed by atoms with van der Waals surface area (Å²) in [4.78, 5) is 40.2. The van der Waals surface area contributed by atoms with Gasteiger partial charge in [0.15, 0.2) is 30.9 Å². The van der Waals surface area contributed by atoms with Crippen LogP contribution in [-0.4, -0.2) is 130 Å². The molecule has 444 valence electrons. The molecule has 0 aromatic heterocycles. The fourth-order valence-corrected chi connectivity index (χ4v) is 9.81. The molecule has 2 N–H and O–H groups in total. The minimum Gasteiger partial charge on any atom is -0.497 e. The van der Waals surface area contributed by atoms with E-state index < -0.39 is 60.1 Å². The quantitative estimate of drug-likeness (QED) is 0.0526. The van der Waals surface area contributed by atoms with E-state index in [1.807, 2.05) is 107 Å². The van der Waals surface area contributed by atoms with Gasteiger partial charge in [0.2, 0.25) is 0 Å². The number of hydrogen-bond acceptors (Lipinski definition) is 17. The molecule has 4 aliphatic heterocycles. The second-order valence-corrected chi connectivity index (χ2v) is 21.7. The highest BCUT2D eigenvalue weighted by molar-refractivity contribution is 5.98. The third kappa shape index (κ3) is 18.6. The van der Waals surface area contributed by atoms with Gasteiger partial charge in [-0.05, 0) is 151 Å². The molecular formula is C64H86O17. The number of methoxy groups -OCH3 is 3. The molecular weight excluding hydrogens is 1040 g/mol. The molecule has 7 rings (SSSR count). The van der Waals surface area contributed by atoms with Crippen LogP contribution in [0.3, 0.4) is 0 Å². The molecule has 2 saturated heterocycles. The minimum absolute atomic E-state index is 0.00901. The molecule has 0 radical (unpaired) electrons. The van der Waals surface area contributed by atoms with Crippen LogP contribution < -0.4 is 14.2 Å². The molecule has 3 aromatic rings. The highest BCUT2D eigenvalue weighted by Crippen LogP contribution is 2.37. The molecule has 2 fully saturated rings. The second-order valence-electron chi connectivity index (χ2n) is 21.7. The Kier molecular flexibility index (Phi) is 24.7. The zero-order valence-corrected chi connectivity index (χ0v) is 49.1. The number of carbonyl (C=O) groups excluding carboxylic acids is 3. The number of aryl methyl sites for hydroxylation is 2. The standard InChI is InChI=1S/C36H48O9.C28H38O8/c1-24-13-19-30(37)34-32(44-36(3,4)45-34)12-9-11-29-27(10-7-8-21-41-22-26-14-17-28(40-6)18-15-26)16-20-31(42-23-39-5)33(29)35(38)43-25(24)2;1-18-12-14-22(30)26-24(35-28(3,4)36-26)11-8-10-21-20(9-6-7-16-29)13-15-23(33-17-32-5)25(21)27(31)34-19(18)2/h9,11,13-20,24-25,30,32,34,37H,7-8,10,12,21-23H2,1-6H3;8,10,12-15,18-19,24,26,29H,6-7,9,11,16-17H2,1-5H3/b11-9?,19-13-;10-8?,14-12-/t24-,25+,30?,32+,34-;18-,19+,24+,26-/m11/s1. The largest absolute Gasteiger partial charge is 0.497 e. The Labute approximate surface area is 478 Å². The minimum atomic E-state index is -0.882. The predicted molar refractivity (Wildman–Crippen MR) is 306 cm³/mol. The van der Waals surface area contributed by atoms with E-state index in [0.717, 1.165) is 53.7 Å². The molecule has 4 heterocycles. The van der Waals surface area contributed by atoms with E-state index >= 15 is 0 Å². The van der Waals surface area contributed by atoms with E-state index in [2.05, 4.69) is 0 Å². The molecule has 0 spiro atoms. The summed E-state index contributed by atoms with van der Waals surface area (Å²) in [5.41, 5.74) is 5.10. The first-order valence-electron chi connectivity index (χ1n) is 28.2. The Morgan fingerprint density at radius 2 is 1.14 bits per heavy atom.